The Kier molecular flexibility index (Phi) is 4.59. The highest BCUT2D eigenvalue weighted by Gasteiger charge is 2.28. The average Bonchev–Trinajstić information content (AvgIpc) is 2.97. The van der Waals surface area contributed by atoms with E-state index in [2.05, 4.69) is 59.2 Å². The summed E-state index contributed by atoms with van der Waals surface area (Å²) in [5, 5.41) is 8.02. The maximum Gasteiger partial charge on any atom is 0.0438 e. The van der Waals surface area contributed by atoms with E-state index >= 15 is 0 Å². The summed E-state index contributed by atoms with van der Waals surface area (Å²) >= 11 is 6.27. The van der Waals surface area contributed by atoms with Crippen LogP contribution in [0.15, 0.2) is 48.5 Å². The number of aryl methyl sites for hydroxylation is 1. The molecule has 3 rings (SSSR count). The van der Waals surface area contributed by atoms with Crippen molar-refractivity contribution in [2.75, 3.05) is 13.1 Å². The summed E-state index contributed by atoms with van der Waals surface area (Å²) in [5.41, 5.74) is 3.78. The van der Waals surface area contributed by atoms with Crippen LogP contribution in [0.4, 0.5) is 0 Å². The third-order valence-corrected chi connectivity index (χ3v) is 4.66. The molecule has 3 heteroatoms. The second-order valence-electron chi connectivity index (χ2n) is 5.75. The van der Waals surface area contributed by atoms with Gasteiger partial charge in [-0.2, -0.15) is 0 Å². The molecule has 0 amide bonds. The standard InChI is InChI=1S/C18H21ClN2/c1-13-7-8-15(9-17(13)19)16-11-20-12-18(16)21-10-14-5-3-2-4-6-14/h2-9,16,18,20-21H,10-12H2,1H3/t16-,18+/m1/s1. The van der Waals surface area contributed by atoms with Crippen LogP contribution < -0.4 is 10.6 Å². The first-order chi connectivity index (χ1) is 10.2. The fourth-order valence-electron chi connectivity index (χ4n) is 2.93. The van der Waals surface area contributed by atoms with Crippen LogP contribution in [0.3, 0.4) is 0 Å². The molecule has 0 spiro atoms. The molecule has 1 aliphatic rings. The number of hydrogen-bond acceptors (Lipinski definition) is 2. The summed E-state index contributed by atoms with van der Waals surface area (Å²) in [7, 11) is 0. The van der Waals surface area contributed by atoms with E-state index in [0.29, 0.717) is 12.0 Å². The summed E-state index contributed by atoms with van der Waals surface area (Å²) in [5.74, 6) is 0.479. The molecule has 2 N–H and O–H groups in total. The van der Waals surface area contributed by atoms with Crippen LogP contribution in [-0.2, 0) is 6.54 Å². The summed E-state index contributed by atoms with van der Waals surface area (Å²) in [6.07, 6.45) is 0. The predicted octanol–water partition coefficient (Wildman–Crippen LogP) is 3.49. The maximum absolute atomic E-state index is 6.27. The van der Waals surface area contributed by atoms with Crippen molar-refractivity contribution in [2.45, 2.75) is 25.4 Å². The van der Waals surface area contributed by atoms with Crippen LogP contribution in [0.1, 0.15) is 22.6 Å². The van der Waals surface area contributed by atoms with Crippen molar-refractivity contribution < 1.29 is 0 Å². The summed E-state index contributed by atoms with van der Waals surface area (Å²) in [6, 6.07) is 17.4. The Labute approximate surface area is 131 Å². The average molecular weight is 301 g/mol. The first-order valence-electron chi connectivity index (χ1n) is 7.48. The quantitative estimate of drug-likeness (QED) is 0.903. The molecule has 2 nitrogen and oxygen atoms in total. The largest absolute Gasteiger partial charge is 0.314 e. The number of halogens is 1. The second kappa shape index (κ2) is 6.61. The minimum Gasteiger partial charge on any atom is -0.314 e. The molecule has 1 aliphatic heterocycles. The number of nitrogens with one attached hydrogen (secondary N) is 2. The fraction of sp³-hybridized carbons (Fsp3) is 0.333. The lowest BCUT2D eigenvalue weighted by atomic mass is 9.93. The van der Waals surface area contributed by atoms with Gasteiger partial charge in [-0.15, -0.1) is 0 Å². The Morgan fingerprint density at radius 3 is 2.71 bits per heavy atom. The van der Waals surface area contributed by atoms with Gasteiger partial charge < -0.3 is 10.6 Å². The Morgan fingerprint density at radius 1 is 1.14 bits per heavy atom. The number of benzene rings is 2. The monoisotopic (exact) mass is 300 g/mol. The van der Waals surface area contributed by atoms with E-state index < -0.39 is 0 Å². The maximum atomic E-state index is 6.27. The smallest absolute Gasteiger partial charge is 0.0438 e. The van der Waals surface area contributed by atoms with E-state index in [1.165, 1.54) is 11.1 Å². The van der Waals surface area contributed by atoms with E-state index in [9.17, 15) is 0 Å². The Balaban J connectivity index is 1.69. The third kappa shape index (κ3) is 3.46. The molecule has 2 aromatic carbocycles. The van der Waals surface area contributed by atoms with Crippen molar-refractivity contribution >= 4 is 11.6 Å². The molecule has 0 bridgehead atoms. The van der Waals surface area contributed by atoms with Gasteiger partial charge in [-0.25, -0.2) is 0 Å². The van der Waals surface area contributed by atoms with E-state index in [1.807, 2.05) is 6.92 Å². The van der Waals surface area contributed by atoms with Gasteiger partial charge in [0.15, 0.2) is 0 Å². The van der Waals surface area contributed by atoms with E-state index in [0.717, 1.165) is 30.2 Å². The molecular weight excluding hydrogens is 280 g/mol. The van der Waals surface area contributed by atoms with Gasteiger partial charge >= 0.3 is 0 Å². The minimum atomic E-state index is 0.448. The Morgan fingerprint density at radius 2 is 1.95 bits per heavy atom. The molecule has 0 unspecified atom stereocenters. The van der Waals surface area contributed by atoms with Gasteiger partial charge in [-0.3, -0.25) is 0 Å². The molecule has 1 heterocycles. The summed E-state index contributed by atoms with van der Waals surface area (Å²) in [4.78, 5) is 0. The molecule has 110 valence electrons. The zero-order valence-corrected chi connectivity index (χ0v) is 13.0. The van der Waals surface area contributed by atoms with Gasteiger partial charge in [0.1, 0.15) is 0 Å². The molecule has 1 saturated heterocycles. The zero-order chi connectivity index (χ0) is 14.7. The van der Waals surface area contributed by atoms with Gasteiger partial charge in [0.2, 0.25) is 0 Å². The highest BCUT2D eigenvalue weighted by molar-refractivity contribution is 6.31. The normalized spacial score (nSPS) is 21.6. The van der Waals surface area contributed by atoms with Crippen LogP contribution in [0.2, 0.25) is 5.02 Å². The van der Waals surface area contributed by atoms with Crippen LogP contribution in [-0.4, -0.2) is 19.1 Å². The lowest BCUT2D eigenvalue weighted by Gasteiger charge is -2.21. The van der Waals surface area contributed by atoms with Gasteiger partial charge in [-0.05, 0) is 29.7 Å². The van der Waals surface area contributed by atoms with Crippen LogP contribution in [0.25, 0.3) is 0 Å². The SMILES string of the molecule is Cc1ccc([C@H]2CNC[C@@H]2NCc2ccccc2)cc1Cl. The molecule has 0 radical (unpaired) electrons. The lowest BCUT2D eigenvalue weighted by molar-refractivity contribution is 0.503. The van der Waals surface area contributed by atoms with Gasteiger partial charge in [0.05, 0.1) is 0 Å². The fourth-order valence-corrected chi connectivity index (χ4v) is 3.12. The lowest BCUT2D eigenvalue weighted by Crippen LogP contribution is -2.34. The second-order valence-corrected chi connectivity index (χ2v) is 6.15. The Bertz CT molecular complexity index is 597. The van der Waals surface area contributed by atoms with Gasteiger partial charge in [0, 0.05) is 36.6 Å². The van der Waals surface area contributed by atoms with Crippen molar-refractivity contribution in [2.24, 2.45) is 0 Å². The molecule has 2 atom stereocenters. The van der Waals surface area contributed by atoms with Crippen molar-refractivity contribution in [1.82, 2.24) is 10.6 Å². The minimum absolute atomic E-state index is 0.448. The van der Waals surface area contributed by atoms with E-state index in [1.54, 1.807) is 0 Å². The summed E-state index contributed by atoms with van der Waals surface area (Å²) < 4.78 is 0. The van der Waals surface area contributed by atoms with Crippen molar-refractivity contribution in [3.63, 3.8) is 0 Å². The van der Waals surface area contributed by atoms with Crippen molar-refractivity contribution in [1.29, 1.82) is 0 Å². The van der Waals surface area contributed by atoms with Crippen LogP contribution in [0, 0.1) is 6.92 Å². The topological polar surface area (TPSA) is 24.1 Å². The first-order valence-corrected chi connectivity index (χ1v) is 7.86. The van der Waals surface area contributed by atoms with Gasteiger partial charge in [-0.1, -0.05) is 54.1 Å². The molecule has 0 aliphatic carbocycles. The number of hydrogen-bond donors (Lipinski definition) is 2. The molecule has 1 fully saturated rings. The zero-order valence-electron chi connectivity index (χ0n) is 12.3. The molecular formula is C18H21ClN2. The molecule has 21 heavy (non-hydrogen) atoms. The third-order valence-electron chi connectivity index (χ3n) is 4.25. The summed E-state index contributed by atoms with van der Waals surface area (Å²) in [6.45, 7) is 4.96. The highest BCUT2D eigenvalue weighted by Crippen LogP contribution is 2.27. The predicted molar refractivity (Wildman–Crippen MR) is 88.9 cm³/mol. The van der Waals surface area contributed by atoms with E-state index in [-0.39, 0.29) is 0 Å². The highest BCUT2D eigenvalue weighted by atomic mass is 35.5. The molecule has 2 aromatic rings. The molecule has 0 saturated carbocycles. The van der Waals surface area contributed by atoms with Crippen LogP contribution >= 0.6 is 11.6 Å². The van der Waals surface area contributed by atoms with Crippen LogP contribution in [0.5, 0.6) is 0 Å². The van der Waals surface area contributed by atoms with Crippen molar-refractivity contribution in [3.8, 4) is 0 Å². The van der Waals surface area contributed by atoms with E-state index in [4.69, 9.17) is 11.6 Å². The molecule has 0 aromatic heterocycles. The Hall–Kier alpha value is -1.35. The first kappa shape index (κ1) is 14.6. The van der Waals surface area contributed by atoms with Gasteiger partial charge in [0.25, 0.3) is 0 Å². The number of rotatable bonds is 4. The van der Waals surface area contributed by atoms with Crippen molar-refractivity contribution in [3.05, 3.63) is 70.2 Å².